The molecule has 0 unspecified atom stereocenters. The molecular weight excluding hydrogens is 649 g/mol. The average molecular weight is 683 g/mol. The monoisotopic (exact) mass is 682 g/mol. The van der Waals surface area contributed by atoms with Crippen molar-refractivity contribution in [2.75, 3.05) is 0 Å². The van der Waals surface area contributed by atoms with Gasteiger partial charge in [0, 0.05) is 31.7 Å². The Morgan fingerprint density at radius 2 is 1.06 bits per heavy atom. The molecule has 0 radical (unpaired) electrons. The SMILES string of the molecule is CC1(C)c2cc3ccccc3cc2-c2c(-c3ccc(-c4cc(-c5cccc(-c6cc7ccccc7s6)c5)nc(-c5ccccc5)n4)cc3)cccc21. The van der Waals surface area contributed by atoms with Crippen LogP contribution in [0, 0.1) is 0 Å². The molecule has 0 amide bonds. The van der Waals surface area contributed by atoms with Crippen LogP contribution in [0.2, 0.25) is 0 Å². The van der Waals surface area contributed by atoms with Crippen molar-refractivity contribution in [3.05, 3.63) is 181 Å². The second-order valence-corrected chi connectivity index (χ2v) is 15.3. The molecule has 9 aromatic rings. The van der Waals surface area contributed by atoms with Crippen LogP contribution in [0.5, 0.6) is 0 Å². The van der Waals surface area contributed by atoms with Gasteiger partial charge in [-0.05, 0) is 91.5 Å². The molecule has 1 aliphatic rings. The molecule has 7 aromatic carbocycles. The first-order chi connectivity index (χ1) is 25.5. The molecule has 2 nitrogen and oxygen atoms in total. The molecule has 246 valence electrons. The first kappa shape index (κ1) is 30.6. The van der Waals surface area contributed by atoms with Gasteiger partial charge in [-0.3, -0.25) is 0 Å². The maximum absolute atomic E-state index is 5.14. The molecule has 0 saturated carbocycles. The van der Waals surface area contributed by atoms with Crippen LogP contribution in [-0.4, -0.2) is 9.97 Å². The minimum absolute atomic E-state index is 0.0792. The quantitative estimate of drug-likeness (QED) is 0.181. The van der Waals surface area contributed by atoms with E-state index in [1.807, 2.05) is 29.5 Å². The third-order valence-electron chi connectivity index (χ3n) is 10.7. The van der Waals surface area contributed by atoms with E-state index in [9.17, 15) is 0 Å². The fraction of sp³-hybridized carbons (Fsp3) is 0.0612. The highest BCUT2D eigenvalue weighted by Crippen LogP contribution is 2.53. The summed E-state index contributed by atoms with van der Waals surface area (Å²) in [6.45, 7) is 4.71. The lowest BCUT2D eigenvalue weighted by Crippen LogP contribution is -2.14. The van der Waals surface area contributed by atoms with Crippen LogP contribution in [0.4, 0.5) is 0 Å². The Bertz CT molecular complexity index is 2780. The number of hydrogen-bond acceptors (Lipinski definition) is 3. The van der Waals surface area contributed by atoms with Crippen LogP contribution >= 0.6 is 11.3 Å². The van der Waals surface area contributed by atoms with Gasteiger partial charge in [-0.2, -0.15) is 0 Å². The minimum Gasteiger partial charge on any atom is -0.228 e. The predicted molar refractivity (Wildman–Crippen MR) is 220 cm³/mol. The third-order valence-corrected chi connectivity index (χ3v) is 11.8. The first-order valence-corrected chi connectivity index (χ1v) is 18.6. The van der Waals surface area contributed by atoms with Crippen LogP contribution in [0.3, 0.4) is 0 Å². The van der Waals surface area contributed by atoms with Gasteiger partial charge in [-0.1, -0.05) is 147 Å². The molecule has 0 aliphatic heterocycles. The van der Waals surface area contributed by atoms with Crippen LogP contribution in [0.15, 0.2) is 170 Å². The number of nitrogens with zero attached hydrogens (tertiary/aromatic N) is 2. The molecule has 10 rings (SSSR count). The Balaban J connectivity index is 1.07. The molecule has 2 aromatic heterocycles. The first-order valence-electron chi connectivity index (χ1n) is 17.8. The summed E-state index contributed by atoms with van der Waals surface area (Å²) in [6, 6.07) is 61.2. The normalized spacial score (nSPS) is 13.0. The van der Waals surface area contributed by atoms with Crippen molar-refractivity contribution >= 4 is 32.2 Å². The van der Waals surface area contributed by atoms with Crippen molar-refractivity contribution in [1.29, 1.82) is 0 Å². The zero-order valence-corrected chi connectivity index (χ0v) is 29.8. The Hall–Kier alpha value is -6.16. The average Bonchev–Trinajstić information content (AvgIpc) is 3.74. The molecule has 2 heterocycles. The largest absolute Gasteiger partial charge is 0.228 e. The summed E-state index contributed by atoms with van der Waals surface area (Å²) in [5.74, 6) is 0.719. The van der Waals surface area contributed by atoms with Gasteiger partial charge in [-0.15, -0.1) is 11.3 Å². The van der Waals surface area contributed by atoms with Crippen LogP contribution < -0.4 is 0 Å². The third kappa shape index (κ3) is 5.08. The van der Waals surface area contributed by atoms with Gasteiger partial charge in [0.25, 0.3) is 0 Å². The van der Waals surface area contributed by atoms with Crippen molar-refractivity contribution < 1.29 is 0 Å². The smallest absolute Gasteiger partial charge is 0.160 e. The van der Waals surface area contributed by atoms with Crippen LogP contribution in [0.25, 0.3) is 87.5 Å². The van der Waals surface area contributed by atoms with Gasteiger partial charge in [0.1, 0.15) is 0 Å². The molecule has 0 saturated heterocycles. The lowest BCUT2D eigenvalue weighted by atomic mass is 9.81. The fourth-order valence-corrected chi connectivity index (χ4v) is 9.01. The van der Waals surface area contributed by atoms with Gasteiger partial charge in [0.05, 0.1) is 11.4 Å². The van der Waals surface area contributed by atoms with Crippen molar-refractivity contribution in [3.8, 4) is 66.6 Å². The second-order valence-electron chi connectivity index (χ2n) is 14.2. The van der Waals surface area contributed by atoms with E-state index in [-0.39, 0.29) is 5.41 Å². The fourth-order valence-electron chi connectivity index (χ4n) is 7.95. The number of aromatic nitrogens is 2. The summed E-state index contributed by atoms with van der Waals surface area (Å²) < 4.78 is 1.30. The minimum atomic E-state index is -0.0792. The molecule has 0 spiro atoms. The Morgan fingerprint density at radius 1 is 0.423 bits per heavy atom. The van der Waals surface area contributed by atoms with Crippen molar-refractivity contribution in [2.45, 2.75) is 19.3 Å². The van der Waals surface area contributed by atoms with E-state index in [4.69, 9.17) is 9.97 Å². The van der Waals surface area contributed by atoms with E-state index < -0.39 is 0 Å². The molecular formula is C49H34N2S. The van der Waals surface area contributed by atoms with Crippen molar-refractivity contribution in [1.82, 2.24) is 9.97 Å². The molecule has 1 aliphatic carbocycles. The van der Waals surface area contributed by atoms with E-state index in [0.717, 1.165) is 33.9 Å². The molecule has 52 heavy (non-hydrogen) atoms. The van der Waals surface area contributed by atoms with Crippen molar-refractivity contribution in [3.63, 3.8) is 0 Å². The van der Waals surface area contributed by atoms with Crippen molar-refractivity contribution in [2.24, 2.45) is 0 Å². The van der Waals surface area contributed by atoms with Gasteiger partial charge in [-0.25, -0.2) is 9.97 Å². The van der Waals surface area contributed by atoms with E-state index in [1.54, 1.807) is 0 Å². The maximum Gasteiger partial charge on any atom is 0.160 e. The van der Waals surface area contributed by atoms with Crippen LogP contribution in [0.1, 0.15) is 25.0 Å². The topological polar surface area (TPSA) is 25.8 Å². The number of benzene rings is 7. The summed E-state index contributed by atoms with van der Waals surface area (Å²) in [5, 5.41) is 3.84. The highest BCUT2D eigenvalue weighted by molar-refractivity contribution is 7.22. The highest BCUT2D eigenvalue weighted by atomic mass is 32.1. The number of thiophene rings is 1. The maximum atomic E-state index is 5.14. The Labute approximate surface area is 307 Å². The van der Waals surface area contributed by atoms with Gasteiger partial charge in [0.2, 0.25) is 0 Å². The van der Waals surface area contributed by atoms with Crippen LogP contribution in [-0.2, 0) is 5.41 Å². The highest BCUT2D eigenvalue weighted by Gasteiger charge is 2.37. The van der Waals surface area contributed by atoms with Gasteiger partial charge < -0.3 is 0 Å². The lowest BCUT2D eigenvalue weighted by molar-refractivity contribution is 0.661. The van der Waals surface area contributed by atoms with Gasteiger partial charge in [0.15, 0.2) is 5.82 Å². The number of rotatable bonds is 5. The molecule has 3 heteroatoms. The molecule has 0 fully saturated rings. The summed E-state index contributed by atoms with van der Waals surface area (Å²) in [7, 11) is 0. The zero-order valence-electron chi connectivity index (χ0n) is 29.0. The Morgan fingerprint density at radius 3 is 1.85 bits per heavy atom. The zero-order chi connectivity index (χ0) is 34.8. The number of fused-ring (bicyclic) bond motifs is 5. The summed E-state index contributed by atoms with van der Waals surface area (Å²) in [6.07, 6.45) is 0. The second kappa shape index (κ2) is 12.0. The van der Waals surface area contributed by atoms with E-state index >= 15 is 0 Å². The summed E-state index contributed by atoms with van der Waals surface area (Å²) >= 11 is 1.82. The number of hydrogen-bond donors (Lipinski definition) is 0. The predicted octanol–water partition coefficient (Wildman–Crippen LogP) is 13.5. The van der Waals surface area contributed by atoms with E-state index in [2.05, 4.69) is 166 Å². The lowest BCUT2D eigenvalue weighted by Gasteiger charge is -2.22. The molecule has 0 N–H and O–H groups in total. The molecule has 0 bridgehead atoms. The molecule has 0 atom stereocenters. The Kier molecular flexibility index (Phi) is 7.06. The van der Waals surface area contributed by atoms with E-state index in [0.29, 0.717) is 0 Å². The standard InChI is InChI=1S/C49H34N2S/c1-49(2)41-20-11-19-39(47(41)40-27-34-14-6-7-15-35(34)28-42(40)49)31-22-24-32(25-23-31)43-30-44(51-48(50-43)33-12-4-3-5-13-33)36-17-10-18-37(26-36)46-29-38-16-8-9-21-45(38)52-46/h3-30H,1-2H3. The van der Waals surface area contributed by atoms with Gasteiger partial charge >= 0.3 is 0 Å². The van der Waals surface area contributed by atoms with E-state index in [1.165, 1.54) is 64.7 Å². The summed E-state index contributed by atoms with van der Waals surface area (Å²) in [5.41, 5.74) is 14.0. The summed E-state index contributed by atoms with van der Waals surface area (Å²) in [4.78, 5) is 11.5.